The molecule has 0 spiro atoms. The zero-order chi connectivity index (χ0) is 18.8. The first kappa shape index (κ1) is 17.9. The number of rotatable bonds is 4. The molecule has 27 heavy (non-hydrogen) atoms. The highest BCUT2D eigenvalue weighted by Gasteiger charge is 2.29. The Balaban J connectivity index is 1.53. The maximum Gasteiger partial charge on any atom is 0.273 e. The molecule has 0 saturated carbocycles. The molecule has 0 radical (unpaired) electrons. The van der Waals surface area contributed by atoms with Gasteiger partial charge < -0.3 is 14.2 Å². The minimum atomic E-state index is -0.157. The van der Waals surface area contributed by atoms with Crippen LogP contribution in [0.3, 0.4) is 0 Å². The van der Waals surface area contributed by atoms with E-state index < -0.39 is 0 Å². The number of hydrogen-bond acceptors (Lipinski definition) is 4. The van der Waals surface area contributed by atoms with Gasteiger partial charge in [0.25, 0.3) is 11.5 Å². The summed E-state index contributed by atoms with van der Waals surface area (Å²) >= 11 is 0. The molecule has 3 heterocycles. The van der Waals surface area contributed by atoms with Crippen molar-refractivity contribution in [1.29, 1.82) is 0 Å². The van der Waals surface area contributed by atoms with Gasteiger partial charge in [-0.25, -0.2) is 0 Å². The van der Waals surface area contributed by atoms with Crippen LogP contribution in [-0.4, -0.2) is 40.6 Å². The van der Waals surface area contributed by atoms with Gasteiger partial charge >= 0.3 is 0 Å². The highest BCUT2D eigenvalue weighted by Crippen LogP contribution is 2.29. The number of hydrogen-bond donors (Lipinski definition) is 0. The lowest BCUT2D eigenvalue weighted by atomic mass is 9.93. The van der Waals surface area contributed by atoms with Crippen molar-refractivity contribution in [2.75, 3.05) is 20.2 Å². The Hall–Kier alpha value is -2.47. The minimum absolute atomic E-state index is 0.0571. The quantitative estimate of drug-likeness (QED) is 0.832. The molecule has 1 unspecified atom stereocenters. The van der Waals surface area contributed by atoms with Gasteiger partial charge in [-0.15, -0.1) is 0 Å². The van der Waals surface area contributed by atoms with E-state index in [-0.39, 0.29) is 17.4 Å². The third-order valence-electron chi connectivity index (χ3n) is 5.55. The van der Waals surface area contributed by atoms with Crippen LogP contribution in [0.25, 0.3) is 0 Å². The zero-order valence-corrected chi connectivity index (χ0v) is 15.7. The van der Waals surface area contributed by atoms with Crippen molar-refractivity contribution in [2.24, 2.45) is 0 Å². The highest BCUT2D eigenvalue weighted by molar-refractivity contribution is 5.94. The minimum Gasteiger partial charge on any atom is -0.380 e. The third kappa shape index (κ3) is 3.67. The van der Waals surface area contributed by atoms with Crippen LogP contribution >= 0.6 is 0 Å². The molecule has 2 aliphatic rings. The Morgan fingerprint density at radius 3 is 2.81 bits per heavy atom. The van der Waals surface area contributed by atoms with Gasteiger partial charge in [0.2, 0.25) is 0 Å². The molecule has 0 N–H and O–H groups in total. The maximum atomic E-state index is 13.0. The number of likely N-dealkylation sites (tertiary alicyclic amines) is 1. The number of aryl methyl sites for hydroxylation is 1. The van der Waals surface area contributed by atoms with Crippen molar-refractivity contribution < 1.29 is 9.53 Å². The van der Waals surface area contributed by atoms with Gasteiger partial charge in [-0.1, -0.05) is 12.1 Å². The Morgan fingerprint density at radius 1 is 1.22 bits per heavy atom. The van der Waals surface area contributed by atoms with Gasteiger partial charge in [0, 0.05) is 56.4 Å². The van der Waals surface area contributed by atoms with Crippen molar-refractivity contribution in [3.05, 3.63) is 63.3 Å². The fourth-order valence-corrected chi connectivity index (χ4v) is 4.25. The van der Waals surface area contributed by atoms with Crippen molar-refractivity contribution in [1.82, 2.24) is 14.5 Å². The average molecular weight is 367 g/mol. The summed E-state index contributed by atoms with van der Waals surface area (Å²) < 4.78 is 7.32. The molecule has 1 fully saturated rings. The number of ether oxygens (including phenoxy) is 1. The Labute approximate surface area is 158 Å². The van der Waals surface area contributed by atoms with E-state index >= 15 is 0 Å². The van der Waals surface area contributed by atoms with E-state index in [4.69, 9.17) is 4.74 Å². The molecule has 2 aliphatic heterocycles. The number of benzene rings is 1. The van der Waals surface area contributed by atoms with Gasteiger partial charge in [0.1, 0.15) is 5.82 Å². The van der Waals surface area contributed by atoms with Crippen LogP contribution in [0, 0.1) is 0 Å². The second-order valence-electron chi connectivity index (χ2n) is 7.41. The van der Waals surface area contributed by atoms with E-state index in [0.717, 1.165) is 55.9 Å². The lowest BCUT2D eigenvalue weighted by molar-refractivity contribution is 0.0704. The fraction of sp³-hybridized carbons (Fsp3) is 0.476. The normalized spacial score (nSPS) is 19.1. The molecule has 4 rings (SSSR count). The first-order valence-electron chi connectivity index (χ1n) is 9.63. The predicted octanol–water partition coefficient (Wildman–Crippen LogP) is 2.36. The van der Waals surface area contributed by atoms with E-state index in [0.29, 0.717) is 18.7 Å². The molecule has 1 amide bonds. The molecule has 1 saturated heterocycles. The standard InChI is InChI=1S/C21H25N3O3/c1-27-14-15-6-8-16(9-7-15)21(26)23-10-2-4-17(13-23)18-12-20(25)22-19-5-3-11-24(18)19/h6-9,12,17H,2-5,10-11,13-14H2,1H3. The molecule has 1 aromatic carbocycles. The van der Waals surface area contributed by atoms with Crippen molar-refractivity contribution in [3.63, 3.8) is 0 Å². The Morgan fingerprint density at radius 2 is 2.04 bits per heavy atom. The topological polar surface area (TPSA) is 64.4 Å². The van der Waals surface area contributed by atoms with Crippen LogP contribution in [0.15, 0.2) is 35.1 Å². The molecule has 142 valence electrons. The summed E-state index contributed by atoms with van der Waals surface area (Å²) in [6.07, 6.45) is 3.85. The van der Waals surface area contributed by atoms with E-state index in [2.05, 4.69) is 9.55 Å². The molecule has 6 nitrogen and oxygen atoms in total. The van der Waals surface area contributed by atoms with Crippen LogP contribution in [-0.2, 0) is 24.3 Å². The number of carbonyl (C=O) groups is 1. The first-order chi connectivity index (χ1) is 13.2. The molecule has 0 aliphatic carbocycles. The SMILES string of the molecule is COCc1ccc(C(=O)N2CCCC(c3cc(=O)nc4n3CCC4)C2)cc1. The number of aromatic nitrogens is 2. The molecular weight excluding hydrogens is 342 g/mol. The lowest BCUT2D eigenvalue weighted by Crippen LogP contribution is -2.40. The second-order valence-corrected chi connectivity index (χ2v) is 7.41. The summed E-state index contributed by atoms with van der Waals surface area (Å²) in [7, 11) is 1.66. The lowest BCUT2D eigenvalue weighted by Gasteiger charge is -2.34. The largest absolute Gasteiger partial charge is 0.380 e. The molecular formula is C21H25N3O3. The predicted molar refractivity (Wildman–Crippen MR) is 102 cm³/mol. The summed E-state index contributed by atoms with van der Waals surface area (Å²) in [4.78, 5) is 31.0. The number of piperidine rings is 1. The molecule has 0 bridgehead atoms. The van der Waals surface area contributed by atoms with Crippen LogP contribution < -0.4 is 5.56 Å². The summed E-state index contributed by atoms with van der Waals surface area (Å²) in [5, 5.41) is 0. The monoisotopic (exact) mass is 367 g/mol. The van der Waals surface area contributed by atoms with Crippen molar-refractivity contribution in [2.45, 2.75) is 44.8 Å². The van der Waals surface area contributed by atoms with Crippen LogP contribution in [0.2, 0.25) is 0 Å². The number of carbonyl (C=O) groups excluding carboxylic acids is 1. The fourth-order valence-electron chi connectivity index (χ4n) is 4.25. The van der Waals surface area contributed by atoms with E-state index in [1.807, 2.05) is 29.2 Å². The average Bonchev–Trinajstić information content (AvgIpc) is 3.16. The van der Waals surface area contributed by atoms with Gasteiger partial charge in [-0.3, -0.25) is 9.59 Å². The summed E-state index contributed by atoms with van der Waals surface area (Å²) in [6.45, 7) is 2.88. The molecule has 1 atom stereocenters. The number of methoxy groups -OCH3 is 1. The maximum absolute atomic E-state index is 13.0. The van der Waals surface area contributed by atoms with Gasteiger partial charge in [-0.2, -0.15) is 4.98 Å². The summed E-state index contributed by atoms with van der Waals surface area (Å²) in [6, 6.07) is 9.29. The summed E-state index contributed by atoms with van der Waals surface area (Å²) in [5.41, 5.74) is 2.65. The molecule has 2 aromatic rings. The van der Waals surface area contributed by atoms with Gasteiger partial charge in [-0.05, 0) is 37.0 Å². The van der Waals surface area contributed by atoms with Crippen molar-refractivity contribution >= 4 is 5.91 Å². The van der Waals surface area contributed by atoms with Gasteiger partial charge in [0.15, 0.2) is 0 Å². The van der Waals surface area contributed by atoms with Crippen LogP contribution in [0.5, 0.6) is 0 Å². The smallest absolute Gasteiger partial charge is 0.273 e. The zero-order valence-electron chi connectivity index (χ0n) is 15.7. The number of fused-ring (bicyclic) bond motifs is 1. The second kappa shape index (κ2) is 7.64. The van der Waals surface area contributed by atoms with Crippen molar-refractivity contribution in [3.8, 4) is 0 Å². The first-order valence-corrected chi connectivity index (χ1v) is 9.63. The summed E-state index contributed by atoms with van der Waals surface area (Å²) in [5.74, 6) is 1.15. The molecule has 1 aromatic heterocycles. The third-order valence-corrected chi connectivity index (χ3v) is 5.55. The Kier molecular flexibility index (Phi) is 5.07. The van der Waals surface area contributed by atoms with E-state index in [1.165, 1.54) is 0 Å². The van der Waals surface area contributed by atoms with Crippen LogP contribution in [0.1, 0.15) is 52.6 Å². The Bertz CT molecular complexity index is 889. The van der Waals surface area contributed by atoms with E-state index in [9.17, 15) is 9.59 Å². The highest BCUT2D eigenvalue weighted by atomic mass is 16.5. The van der Waals surface area contributed by atoms with Gasteiger partial charge in [0.05, 0.1) is 6.61 Å². The number of amides is 1. The molecule has 6 heteroatoms. The van der Waals surface area contributed by atoms with Crippen LogP contribution in [0.4, 0.5) is 0 Å². The van der Waals surface area contributed by atoms with E-state index in [1.54, 1.807) is 13.2 Å². The number of nitrogens with zero attached hydrogens (tertiary/aromatic N) is 3.